The first kappa shape index (κ1) is 33.3. The van der Waals surface area contributed by atoms with Gasteiger partial charge in [0.25, 0.3) is 0 Å². The quantitative estimate of drug-likeness (QED) is 0.117. The fourth-order valence-electron chi connectivity index (χ4n) is 4.95. The van der Waals surface area contributed by atoms with E-state index in [1.54, 1.807) is 0 Å². The standard InChI is InChI=1S/C28H36N10.4ClH.Zn/c1-21-19-23(29-31-27-33(3)11-12-34(27)4)7-9-25(21)37-15-17-38(18-16-37)26-10-8-24(20-22(26)2)30-32-28-35(5)13-14-36(28)6;;;;;/h7-14,19-20H,15-18H2,1-6H3;4*1H;/q+2;;;;;+2/p-4. The molecule has 228 valence electrons. The van der Waals surface area contributed by atoms with Crippen molar-refractivity contribution in [3.8, 4) is 0 Å². The van der Waals surface area contributed by atoms with Gasteiger partial charge in [0.2, 0.25) is 0 Å². The summed E-state index contributed by atoms with van der Waals surface area (Å²) in [5, 5.41) is 17.8. The van der Waals surface area contributed by atoms with E-state index < -0.39 is 10.8 Å². The van der Waals surface area contributed by atoms with Crippen LogP contribution >= 0.6 is 38.8 Å². The molecule has 0 bridgehead atoms. The summed E-state index contributed by atoms with van der Waals surface area (Å²) in [6.07, 6.45) is 7.87. The molecule has 2 aromatic heterocycles. The van der Waals surface area contributed by atoms with Gasteiger partial charge in [-0.2, -0.15) is 0 Å². The number of anilines is 2. The first-order valence-corrected chi connectivity index (χ1v) is 29.5. The summed E-state index contributed by atoms with van der Waals surface area (Å²) in [4.78, 5) is 4.92. The summed E-state index contributed by atoms with van der Waals surface area (Å²) in [7, 11) is 24.7. The number of nitrogens with zero attached hydrogens (tertiary/aromatic N) is 10. The molecule has 1 saturated heterocycles. The van der Waals surface area contributed by atoms with E-state index in [0.717, 1.165) is 49.5 Å². The Bertz CT molecular complexity index is 1460. The van der Waals surface area contributed by atoms with Crippen LogP contribution in [0.5, 0.6) is 0 Å². The Kier molecular flexibility index (Phi) is 11.2. The number of aryl methyl sites for hydroxylation is 6. The summed E-state index contributed by atoms with van der Waals surface area (Å²) < 4.78 is 7.81. The van der Waals surface area contributed by atoms with Crippen LogP contribution in [-0.4, -0.2) is 35.3 Å². The minimum absolute atomic E-state index is 0.805. The molecule has 1 aliphatic rings. The van der Waals surface area contributed by atoms with Crippen LogP contribution in [0.25, 0.3) is 0 Å². The van der Waals surface area contributed by atoms with E-state index in [4.69, 9.17) is 38.8 Å². The fraction of sp³-hybridized carbons (Fsp3) is 0.357. The number of piperazine rings is 1. The molecule has 10 nitrogen and oxygen atoms in total. The van der Waals surface area contributed by atoms with Crippen LogP contribution in [0.1, 0.15) is 11.1 Å². The van der Waals surface area contributed by atoms with Crippen molar-refractivity contribution < 1.29 is 19.9 Å². The Morgan fingerprint density at radius 1 is 0.628 bits per heavy atom. The van der Waals surface area contributed by atoms with Gasteiger partial charge < -0.3 is 9.80 Å². The van der Waals surface area contributed by atoms with Crippen LogP contribution in [0, 0.1) is 13.8 Å². The number of azo groups is 2. The van der Waals surface area contributed by atoms with Crippen molar-refractivity contribution in [3.63, 3.8) is 0 Å². The van der Waals surface area contributed by atoms with Crippen molar-refractivity contribution in [2.24, 2.45) is 48.6 Å². The van der Waals surface area contributed by atoms with Gasteiger partial charge in [-0.3, -0.25) is 0 Å². The summed E-state index contributed by atoms with van der Waals surface area (Å²) in [6.45, 7) is 8.15. The third-order valence-corrected chi connectivity index (χ3v) is 7.12. The summed E-state index contributed by atoms with van der Waals surface area (Å²) in [6, 6.07) is 12.7. The number of hydrogen-bond acceptors (Lipinski definition) is 6. The molecule has 0 saturated carbocycles. The number of aromatic nitrogens is 4. The van der Waals surface area contributed by atoms with Crippen LogP contribution in [0.15, 0.2) is 81.6 Å². The molecule has 43 heavy (non-hydrogen) atoms. The second-order valence-electron chi connectivity index (χ2n) is 10.6. The van der Waals surface area contributed by atoms with Crippen molar-refractivity contribution in [2.45, 2.75) is 13.8 Å². The molecule has 3 heterocycles. The topological polar surface area (TPSA) is 73.5 Å². The van der Waals surface area contributed by atoms with Crippen LogP contribution in [-0.2, 0) is 39.0 Å². The molecule has 0 aliphatic carbocycles. The summed E-state index contributed by atoms with van der Waals surface area (Å²) in [5.41, 5.74) is 6.66. The molecule has 0 radical (unpaired) electrons. The van der Waals surface area contributed by atoms with E-state index in [-0.39, 0.29) is 0 Å². The number of benzene rings is 2. The molecule has 4 aromatic rings. The maximum absolute atomic E-state index is 5.05. The first-order valence-electron chi connectivity index (χ1n) is 13.9. The predicted octanol–water partition coefficient (Wildman–Crippen LogP) is 7.54. The molecular formula is C28H36Cl4N10Zn. The zero-order valence-electron chi connectivity index (χ0n) is 25.3. The zero-order valence-corrected chi connectivity index (χ0v) is 31.3. The van der Waals surface area contributed by atoms with E-state index >= 15 is 0 Å². The molecular weight excluding hydrogens is 684 g/mol. The van der Waals surface area contributed by atoms with Crippen LogP contribution in [0.3, 0.4) is 0 Å². The summed E-state index contributed by atoms with van der Waals surface area (Å²) >= 11 is 0. The van der Waals surface area contributed by atoms with Crippen molar-refractivity contribution >= 4 is 73.4 Å². The Morgan fingerprint density at radius 3 is 1.26 bits per heavy atom. The van der Waals surface area contributed by atoms with Crippen molar-refractivity contribution in [3.05, 3.63) is 72.3 Å². The van der Waals surface area contributed by atoms with Gasteiger partial charge in [0.1, 0.15) is 11.4 Å². The minimum atomic E-state index is -3.36. The van der Waals surface area contributed by atoms with Crippen molar-refractivity contribution in [1.82, 2.24) is 9.13 Å². The number of hydrogen-bond donors (Lipinski definition) is 0. The number of halogens is 4. The van der Waals surface area contributed by atoms with Gasteiger partial charge in [-0.15, -0.1) is 0 Å². The van der Waals surface area contributed by atoms with E-state index in [0.29, 0.717) is 0 Å². The molecule has 2 aromatic carbocycles. The molecule has 15 heteroatoms. The Morgan fingerprint density at radius 2 is 0.977 bits per heavy atom. The average Bonchev–Trinajstić information content (AvgIpc) is 3.44. The molecule has 0 spiro atoms. The normalized spacial score (nSPS) is 14.1. The van der Waals surface area contributed by atoms with E-state index in [1.165, 1.54) is 22.5 Å². The third-order valence-electron chi connectivity index (χ3n) is 7.12. The third kappa shape index (κ3) is 9.22. The molecule has 0 N–H and O–H groups in total. The second-order valence-corrected chi connectivity index (χ2v) is 38.3. The fourth-order valence-corrected chi connectivity index (χ4v) is 4.95. The first-order chi connectivity index (χ1) is 20.3. The van der Waals surface area contributed by atoms with E-state index in [9.17, 15) is 0 Å². The van der Waals surface area contributed by atoms with E-state index in [2.05, 4.69) is 68.4 Å². The van der Waals surface area contributed by atoms with Gasteiger partial charge in [-0.25, -0.2) is 18.3 Å². The predicted molar refractivity (Wildman–Crippen MR) is 172 cm³/mol. The van der Waals surface area contributed by atoms with Gasteiger partial charge in [0.15, 0.2) is 0 Å². The Hall–Kier alpha value is -2.56. The van der Waals surface area contributed by atoms with E-state index in [1.807, 2.05) is 83.4 Å². The van der Waals surface area contributed by atoms with Crippen molar-refractivity contribution in [1.29, 1.82) is 0 Å². The SMILES string of the molecule is Cc1cc(/N=N/c2n(C)cc[n+]2C)ccc1N1CCN(c2ccc(/N=N/c3n(C)cc[n+]3C)cc2C)CC1.[Cl][Zn-2]([Cl])([Cl])[Cl]. The van der Waals surface area contributed by atoms with Gasteiger partial charge >= 0.3 is 61.5 Å². The summed E-state index contributed by atoms with van der Waals surface area (Å²) in [5.74, 6) is 1.61. The van der Waals surface area contributed by atoms with Crippen molar-refractivity contribution in [2.75, 3.05) is 36.0 Å². The Labute approximate surface area is 271 Å². The van der Waals surface area contributed by atoms with Gasteiger partial charge in [-0.1, -0.05) is 10.2 Å². The second kappa shape index (κ2) is 14.5. The zero-order chi connectivity index (χ0) is 31.3. The molecule has 0 unspecified atom stereocenters. The average molecular weight is 720 g/mol. The van der Waals surface area contributed by atoms with Crippen LogP contribution < -0.4 is 18.9 Å². The van der Waals surface area contributed by atoms with Crippen LogP contribution in [0.2, 0.25) is 0 Å². The number of rotatable bonds is 6. The molecule has 1 aliphatic heterocycles. The van der Waals surface area contributed by atoms with Gasteiger partial charge in [0, 0.05) is 47.8 Å². The molecule has 5 rings (SSSR count). The van der Waals surface area contributed by atoms with Crippen LogP contribution in [0.4, 0.5) is 34.6 Å². The monoisotopic (exact) mass is 716 g/mol. The maximum atomic E-state index is 5.05. The molecule has 1 fully saturated rings. The molecule has 0 amide bonds. The Balaban J connectivity index is 0.000000782. The van der Waals surface area contributed by atoms with Gasteiger partial charge in [-0.05, 0) is 61.4 Å². The number of imidazole rings is 2. The van der Waals surface area contributed by atoms with Gasteiger partial charge in [0.05, 0.1) is 53.0 Å². The molecule has 0 atom stereocenters.